The summed E-state index contributed by atoms with van der Waals surface area (Å²) in [4.78, 5) is 13.5. The second-order valence-corrected chi connectivity index (χ2v) is 2.57. The van der Waals surface area contributed by atoms with Gasteiger partial charge >= 0.3 is 5.69 Å². The van der Waals surface area contributed by atoms with Gasteiger partial charge in [-0.1, -0.05) is 0 Å². The third-order valence-corrected chi connectivity index (χ3v) is 1.66. The van der Waals surface area contributed by atoms with Crippen molar-refractivity contribution < 1.29 is 0 Å². The van der Waals surface area contributed by atoms with Crippen LogP contribution in [-0.4, -0.2) is 9.55 Å². The molecule has 0 atom stereocenters. The Labute approximate surface area is 70.4 Å². The highest BCUT2D eigenvalue weighted by atomic mass is 16.1. The Morgan fingerprint density at radius 2 is 2.42 bits per heavy atom. The standard InChI is InChI=1S/C8H11N3O/c9-4-2-1-3-6-11-7-5-10-8(11)12/h5,7H,1-3,6H2,(H,10,12). The largest absolute Gasteiger partial charge is 0.325 e. The lowest BCUT2D eigenvalue weighted by molar-refractivity contribution is 0.601. The molecule has 0 amide bonds. The van der Waals surface area contributed by atoms with Crippen LogP contribution < -0.4 is 5.69 Å². The number of aromatic nitrogens is 2. The summed E-state index contributed by atoms with van der Waals surface area (Å²) in [6.45, 7) is 0.698. The van der Waals surface area contributed by atoms with Crippen molar-refractivity contribution in [3.05, 3.63) is 22.9 Å². The van der Waals surface area contributed by atoms with Gasteiger partial charge in [0.15, 0.2) is 0 Å². The van der Waals surface area contributed by atoms with E-state index in [2.05, 4.69) is 11.1 Å². The van der Waals surface area contributed by atoms with Gasteiger partial charge in [-0.15, -0.1) is 0 Å². The predicted octanol–water partition coefficient (Wildman–Crippen LogP) is 0.870. The van der Waals surface area contributed by atoms with Crippen LogP contribution in [0.25, 0.3) is 0 Å². The number of rotatable bonds is 4. The zero-order chi connectivity index (χ0) is 8.81. The minimum atomic E-state index is -0.0769. The van der Waals surface area contributed by atoms with Gasteiger partial charge < -0.3 is 4.98 Å². The van der Waals surface area contributed by atoms with Gasteiger partial charge in [-0.05, 0) is 12.8 Å². The molecule has 0 aliphatic carbocycles. The molecule has 12 heavy (non-hydrogen) atoms. The average Bonchev–Trinajstić information content (AvgIpc) is 2.46. The van der Waals surface area contributed by atoms with E-state index in [1.165, 1.54) is 0 Å². The van der Waals surface area contributed by atoms with Gasteiger partial charge in [0, 0.05) is 25.4 Å². The Morgan fingerprint density at radius 3 is 3.00 bits per heavy atom. The fourth-order valence-electron chi connectivity index (χ4n) is 1.01. The predicted molar refractivity (Wildman–Crippen MR) is 44.5 cm³/mol. The van der Waals surface area contributed by atoms with Crippen LogP contribution in [0.5, 0.6) is 0 Å². The average molecular weight is 165 g/mol. The van der Waals surface area contributed by atoms with E-state index < -0.39 is 0 Å². The Bertz CT molecular complexity index is 318. The zero-order valence-electron chi connectivity index (χ0n) is 6.79. The molecule has 0 spiro atoms. The number of imidazole rings is 1. The van der Waals surface area contributed by atoms with Gasteiger partial charge in [0.2, 0.25) is 0 Å². The van der Waals surface area contributed by atoms with Gasteiger partial charge in [0.1, 0.15) is 0 Å². The van der Waals surface area contributed by atoms with E-state index in [4.69, 9.17) is 5.26 Å². The number of nitrogens with one attached hydrogen (secondary N) is 1. The van der Waals surface area contributed by atoms with Crippen molar-refractivity contribution in [3.63, 3.8) is 0 Å². The van der Waals surface area contributed by atoms with Crippen LogP contribution in [0, 0.1) is 11.3 Å². The number of nitrogens with zero attached hydrogens (tertiary/aromatic N) is 2. The van der Waals surface area contributed by atoms with E-state index in [0.717, 1.165) is 12.8 Å². The minimum absolute atomic E-state index is 0.0769. The molecule has 64 valence electrons. The lowest BCUT2D eigenvalue weighted by atomic mass is 10.2. The van der Waals surface area contributed by atoms with E-state index in [1.807, 2.05) is 0 Å². The van der Waals surface area contributed by atoms with Crippen molar-refractivity contribution >= 4 is 0 Å². The number of hydrogen-bond donors (Lipinski definition) is 1. The summed E-state index contributed by atoms with van der Waals surface area (Å²) in [6.07, 6.45) is 5.64. The molecule has 0 aliphatic heterocycles. The highest BCUT2D eigenvalue weighted by Gasteiger charge is 1.94. The van der Waals surface area contributed by atoms with Gasteiger partial charge in [0.25, 0.3) is 0 Å². The molecule has 4 nitrogen and oxygen atoms in total. The number of aryl methyl sites for hydroxylation is 1. The quantitative estimate of drug-likeness (QED) is 0.673. The second kappa shape index (κ2) is 4.39. The third-order valence-electron chi connectivity index (χ3n) is 1.66. The summed E-state index contributed by atoms with van der Waals surface area (Å²) in [6, 6.07) is 2.07. The number of nitriles is 1. The Balaban J connectivity index is 2.30. The molecule has 0 saturated carbocycles. The molecule has 0 bridgehead atoms. The molecule has 1 aromatic heterocycles. The van der Waals surface area contributed by atoms with Crippen LogP contribution in [0.4, 0.5) is 0 Å². The summed E-state index contributed by atoms with van der Waals surface area (Å²) in [5.41, 5.74) is -0.0769. The number of hydrogen-bond acceptors (Lipinski definition) is 2. The van der Waals surface area contributed by atoms with Gasteiger partial charge in [-0.3, -0.25) is 4.57 Å². The molecule has 0 unspecified atom stereocenters. The summed E-state index contributed by atoms with van der Waals surface area (Å²) in [5, 5.41) is 8.25. The molecule has 1 N–H and O–H groups in total. The maximum Gasteiger partial charge on any atom is 0.325 e. The number of unbranched alkanes of at least 4 members (excludes halogenated alkanes) is 2. The SMILES string of the molecule is N#CCCCCn1cc[nH]c1=O. The zero-order valence-corrected chi connectivity index (χ0v) is 6.79. The van der Waals surface area contributed by atoms with E-state index in [1.54, 1.807) is 17.0 Å². The fourth-order valence-corrected chi connectivity index (χ4v) is 1.01. The van der Waals surface area contributed by atoms with Crippen LogP contribution >= 0.6 is 0 Å². The first-order chi connectivity index (χ1) is 5.84. The normalized spacial score (nSPS) is 9.58. The highest BCUT2D eigenvalue weighted by molar-refractivity contribution is 4.76. The van der Waals surface area contributed by atoms with Crippen molar-refractivity contribution in [1.82, 2.24) is 9.55 Å². The number of aromatic amines is 1. The summed E-state index contributed by atoms with van der Waals surface area (Å²) in [5.74, 6) is 0. The van der Waals surface area contributed by atoms with Crippen molar-refractivity contribution in [1.29, 1.82) is 5.26 Å². The van der Waals surface area contributed by atoms with Gasteiger partial charge in [-0.2, -0.15) is 5.26 Å². The van der Waals surface area contributed by atoms with Crippen molar-refractivity contribution in [2.75, 3.05) is 0 Å². The van der Waals surface area contributed by atoms with Gasteiger partial charge in [-0.25, -0.2) is 4.79 Å². The monoisotopic (exact) mass is 165 g/mol. The maximum atomic E-state index is 10.9. The summed E-state index contributed by atoms with van der Waals surface area (Å²) < 4.78 is 1.61. The van der Waals surface area contributed by atoms with Crippen LogP contribution in [0.15, 0.2) is 17.2 Å². The Hall–Kier alpha value is -1.50. The molecule has 4 heteroatoms. The molecule has 0 aliphatic rings. The molecular weight excluding hydrogens is 154 g/mol. The number of H-pyrrole nitrogens is 1. The first-order valence-corrected chi connectivity index (χ1v) is 3.95. The minimum Gasteiger partial charge on any atom is -0.313 e. The van der Waals surface area contributed by atoms with E-state index >= 15 is 0 Å². The topological polar surface area (TPSA) is 61.6 Å². The van der Waals surface area contributed by atoms with Crippen LogP contribution in [0.2, 0.25) is 0 Å². The second-order valence-electron chi connectivity index (χ2n) is 2.57. The first kappa shape index (κ1) is 8.60. The Kier molecular flexibility index (Phi) is 3.15. The highest BCUT2D eigenvalue weighted by Crippen LogP contribution is 1.95. The molecule has 0 saturated heterocycles. The van der Waals surface area contributed by atoms with E-state index in [0.29, 0.717) is 13.0 Å². The van der Waals surface area contributed by atoms with E-state index in [-0.39, 0.29) is 5.69 Å². The summed E-state index contributed by atoms with van der Waals surface area (Å²) in [7, 11) is 0. The lowest BCUT2D eigenvalue weighted by Crippen LogP contribution is -2.15. The summed E-state index contributed by atoms with van der Waals surface area (Å²) >= 11 is 0. The van der Waals surface area contributed by atoms with Crippen molar-refractivity contribution in [3.8, 4) is 6.07 Å². The molecule has 0 aromatic carbocycles. The lowest BCUT2D eigenvalue weighted by Gasteiger charge is -1.97. The molecular formula is C8H11N3O. The van der Waals surface area contributed by atoms with Crippen molar-refractivity contribution in [2.24, 2.45) is 0 Å². The molecule has 0 fully saturated rings. The molecule has 0 radical (unpaired) electrons. The molecule has 1 heterocycles. The van der Waals surface area contributed by atoms with E-state index in [9.17, 15) is 4.79 Å². The third kappa shape index (κ3) is 2.27. The van der Waals surface area contributed by atoms with Crippen molar-refractivity contribution in [2.45, 2.75) is 25.8 Å². The smallest absolute Gasteiger partial charge is 0.313 e. The maximum absolute atomic E-state index is 10.9. The van der Waals surface area contributed by atoms with Gasteiger partial charge in [0.05, 0.1) is 6.07 Å². The first-order valence-electron chi connectivity index (χ1n) is 3.95. The van der Waals surface area contributed by atoms with Crippen LogP contribution in [0.3, 0.4) is 0 Å². The fraction of sp³-hybridized carbons (Fsp3) is 0.500. The molecule has 1 rings (SSSR count). The Morgan fingerprint density at radius 1 is 1.58 bits per heavy atom. The van der Waals surface area contributed by atoms with Crippen LogP contribution in [0.1, 0.15) is 19.3 Å². The molecule has 1 aromatic rings. The van der Waals surface area contributed by atoms with Crippen LogP contribution in [-0.2, 0) is 6.54 Å².